The lowest BCUT2D eigenvalue weighted by Gasteiger charge is -2.27. The lowest BCUT2D eigenvalue weighted by Crippen LogP contribution is -2.35. The number of hydrogen-bond acceptors (Lipinski definition) is 4. The van der Waals surface area contributed by atoms with Crippen molar-refractivity contribution in [1.29, 1.82) is 0 Å². The largest absolute Gasteiger partial charge is 0.478 e. The molecule has 2 rings (SSSR count). The van der Waals surface area contributed by atoms with E-state index in [2.05, 4.69) is 15.4 Å². The molecule has 1 aromatic rings. The molecule has 0 spiro atoms. The summed E-state index contributed by atoms with van der Waals surface area (Å²) < 4.78 is 0. The normalized spacial score (nSPS) is 17.0. The standard InChI is InChI=1S/C11H15N3O2/c15-11(16)9-4-5-10(12-8-9)13-14-6-2-1-3-7-14/h4-5,8H,1-3,6-7H2,(H,12,13)(H,15,16). The minimum atomic E-state index is -0.947. The summed E-state index contributed by atoms with van der Waals surface area (Å²) in [6.45, 7) is 2.03. The number of piperidine rings is 1. The average molecular weight is 221 g/mol. The molecule has 1 aromatic heterocycles. The van der Waals surface area contributed by atoms with Crippen LogP contribution in [0.15, 0.2) is 18.3 Å². The molecule has 1 fully saturated rings. The van der Waals surface area contributed by atoms with E-state index in [1.165, 1.54) is 25.5 Å². The number of nitrogens with one attached hydrogen (secondary N) is 1. The van der Waals surface area contributed by atoms with E-state index in [4.69, 9.17) is 5.11 Å². The number of pyridine rings is 1. The molecule has 0 unspecified atom stereocenters. The number of nitrogens with zero attached hydrogens (tertiary/aromatic N) is 2. The van der Waals surface area contributed by atoms with Gasteiger partial charge in [0.25, 0.3) is 0 Å². The number of anilines is 1. The van der Waals surface area contributed by atoms with Crippen LogP contribution in [0.25, 0.3) is 0 Å². The maximum atomic E-state index is 10.6. The summed E-state index contributed by atoms with van der Waals surface area (Å²) in [7, 11) is 0. The predicted octanol–water partition coefficient (Wildman–Crippen LogP) is 1.59. The number of hydrogen-bond donors (Lipinski definition) is 2. The highest BCUT2D eigenvalue weighted by Crippen LogP contribution is 2.11. The molecule has 86 valence electrons. The van der Waals surface area contributed by atoms with Crippen LogP contribution in [-0.4, -0.2) is 34.2 Å². The van der Waals surface area contributed by atoms with Crippen molar-refractivity contribution in [3.05, 3.63) is 23.9 Å². The second-order valence-electron chi connectivity index (χ2n) is 3.90. The Labute approximate surface area is 94.1 Å². The first-order valence-corrected chi connectivity index (χ1v) is 5.46. The van der Waals surface area contributed by atoms with Crippen molar-refractivity contribution >= 4 is 11.8 Å². The number of hydrazine groups is 1. The lowest BCUT2D eigenvalue weighted by molar-refractivity contribution is 0.0696. The van der Waals surface area contributed by atoms with Crippen LogP contribution in [0.4, 0.5) is 5.82 Å². The summed E-state index contributed by atoms with van der Waals surface area (Å²) >= 11 is 0. The van der Waals surface area contributed by atoms with Crippen molar-refractivity contribution in [2.75, 3.05) is 18.5 Å². The van der Waals surface area contributed by atoms with Crippen molar-refractivity contribution in [3.63, 3.8) is 0 Å². The van der Waals surface area contributed by atoms with E-state index in [1.54, 1.807) is 12.1 Å². The predicted molar refractivity (Wildman–Crippen MR) is 60.2 cm³/mol. The molecule has 1 saturated heterocycles. The Morgan fingerprint density at radius 2 is 2.06 bits per heavy atom. The van der Waals surface area contributed by atoms with E-state index in [9.17, 15) is 4.79 Å². The first-order valence-electron chi connectivity index (χ1n) is 5.46. The Bertz CT molecular complexity index is 358. The number of rotatable bonds is 3. The molecule has 5 nitrogen and oxygen atoms in total. The summed E-state index contributed by atoms with van der Waals surface area (Å²) in [5, 5.41) is 10.8. The van der Waals surface area contributed by atoms with Gasteiger partial charge < -0.3 is 10.5 Å². The molecule has 5 heteroatoms. The van der Waals surface area contributed by atoms with Gasteiger partial charge in [-0.15, -0.1) is 0 Å². The molecule has 1 aliphatic rings. The molecule has 0 aliphatic carbocycles. The quantitative estimate of drug-likeness (QED) is 0.811. The Hall–Kier alpha value is -1.62. The van der Waals surface area contributed by atoms with Crippen LogP contribution >= 0.6 is 0 Å². The highest BCUT2D eigenvalue weighted by atomic mass is 16.4. The van der Waals surface area contributed by atoms with Gasteiger partial charge in [0.2, 0.25) is 0 Å². The Balaban J connectivity index is 1.96. The number of carboxylic acids is 1. The van der Waals surface area contributed by atoms with Gasteiger partial charge in [-0.25, -0.2) is 14.8 Å². The number of aromatic carboxylic acids is 1. The third-order valence-electron chi connectivity index (χ3n) is 2.64. The average Bonchev–Trinajstić information content (AvgIpc) is 2.31. The summed E-state index contributed by atoms with van der Waals surface area (Å²) in [5.74, 6) is -0.246. The summed E-state index contributed by atoms with van der Waals surface area (Å²) in [4.78, 5) is 14.7. The zero-order chi connectivity index (χ0) is 11.4. The zero-order valence-electron chi connectivity index (χ0n) is 9.02. The Morgan fingerprint density at radius 3 is 2.62 bits per heavy atom. The maximum absolute atomic E-state index is 10.6. The second kappa shape index (κ2) is 4.94. The fourth-order valence-electron chi connectivity index (χ4n) is 1.75. The van der Waals surface area contributed by atoms with Gasteiger partial charge in [-0.3, -0.25) is 0 Å². The van der Waals surface area contributed by atoms with E-state index in [1.807, 2.05) is 0 Å². The summed E-state index contributed by atoms with van der Waals surface area (Å²) in [6.07, 6.45) is 5.04. The van der Waals surface area contributed by atoms with Crippen molar-refractivity contribution in [2.24, 2.45) is 0 Å². The fourth-order valence-corrected chi connectivity index (χ4v) is 1.75. The number of aromatic nitrogens is 1. The smallest absolute Gasteiger partial charge is 0.337 e. The van der Waals surface area contributed by atoms with E-state index in [0.29, 0.717) is 5.82 Å². The van der Waals surface area contributed by atoms with Crippen molar-refractivity contribution < 1.29 is 9.90 Å². The molecule has 2 heterocycles. The van der Waals surface area contributed by atoms with Gasteiger partial charge in [-0.2, -0.15) is 0 Å². The zero-order valence-corrected chi connectivity index (χ0v) is 9.02. The molecule has 0 aromatic carbocycles. The third-order valence-corrected chi connectivity index (χ3v) is 2.64. The van der Waals surface area contributed by atoms with Gasteiger partial charge in [0.15, 0.2) is 0 Å². The van der Waals surface area contributed by atoms with Crippen LogP contribution in [0.2, 0.25) is 0 Å². The van der Waals surface area contributed by atoms with Gasteiger partial charge in [-0.1, -0.05) is 6.42 Å². The summed E-state index contributed by atoms with van der Waals surface area (Å²) in [5.41, 5.74) is 3.39. The molecule has 0 saturated carbocycles. The lowest BCUT2D eigenvalue weighted by atomic mass is 10.2. The van der Waals surface area contributed by atoms with Gasteiger partial charge >= 0.3 is 5.97 Å². The molecule has 1 aliphatic heterocycles. The van der Waals surface area contributed by atoms with Gasteiger partial charge in [0.05, 0.1) is 5.56 Å². The minimum absolute atomic E-state index is 0.212. The summed E-state index contributed by atoms with van der Waals surface area (Å²) in [6, 6.07) is 3.25. The van der Waals surface area contributed by atoms with Gasteiger partial charge in [-0.05, 0) is 25.0 Å². The SMILES string of the molecule is O=C(O)c1ccc(NN2CCCCC2)nc1. The van der Waals surface area contributed by atoms with Gasteiger partial charge in [0.1, 0.15) is 5.82 Å². The Kier molecular flexibility index (Phi) is 3.36. The number of carboxylic acid groups (broad SMARTS) is 1. The van der Waals surface area contributed by atoms with Crippen LogP contribution in [0.3, 0.4) is 0 Å². The molecular weight excluding hydrogens is 206 g/mol. The fraction of sp³-hybridized carbons (Fsp3) is 0.455. The van der Waals surface area contributed by atoms with E-state index in [-0.39, 0.29) is 5.56 Å². The van der Waals surface area contributed by atoms with Crippen molar-refractivity contribution in [1.82, 2.24) is 9.99 Å². The van der Waals surface area contributed by atoms with Crippen LogP contribution in [-0.2, 0) is 0 Å². The molecule has 2 N–H and O–H groups in total. The van der Waals surface area contributed by atoms with Crippen LogP contribution < -0.4 is 5.43 Å². The molecule has 0 amide bonds. The second-order valence-corrected chi connectivity index (χ2v) is 3.90. The van der Waals surface area contributed by atoms with Crippen LogP contribution in [0.5, 0.6) is 0 Å². The molecular formula is C11H15N3O2. The van der Waals surface area contributed by atoms with E-state index in [0.717, 1.165) is 13.1 Å². The Morgan fingerprint density at radius 1 is 1.31 bits per heavy atom. The van der Waals surface area contributed by atoms with E-state index < -0.39 is 5.97 Å². The topological polar surface area (TPSA) is 65.5 Å². The first kappa shape index (κ1) is 10.9. The number of carbonyl (C=O) groups is 1. The highest BCUT2D eigenvalue weighted by Gasteiger charge is 2.10. The molecule has 0 bridgehead atoms. The molecule has 0 atom stereocenters. The third kappa shape index (κ3) is 2.70. The monoisotopic (exact) mass is 221 g/mol. The van der Waals surface area contributed by atoms with Crippen molar-refractivity contribution in [2.45, 2.75) is 19.3 Å². The minimum Gasteiger partial charge on any atom is -0.478 e. The van der Waals surface area contributed by atoms with Crippen LogP contribution in [0.1, 0.15) is 29.6 Å². The van der Waals surface area contributed by atoms with Crippen molar-refractivity contribution in [3.8, 4) is 0 Å². The van der Waals surface area contributed by atoms with E-state index >= 15 is 0 Å². The highest BCUT2D eigenvalue weighted by molar-refractivity contribution is 5.87. The first-order chi connectivity index (χ1) is 7.75. The molecule has 16 heavy (non-hydrogen) atoms. The van der Waals surface area contributed by atoms with Crippen LogP contribution in [0, 0.1) is 0 Å². The molecule has 0 radical (unpaired) electrons. The maximum Gasteiger partial charge on any atom is 0.337 e. The van der Waals surface area contributed by atoms with Gasteiger partial charge in [0, 0.05) is 19.3 Å².